The maximum atomic E-state index is 12.0. The van der Waals surface area contributed by atoms with Crippen molar-refractivity contribution in [2.45, 2.75) is 7.43 Å². The summed E-state index contributed by atoms with van der Waals surface area (Å²) in [6.07, 6.45) is 0. The molecule has 3 aromatic heterocycles. The maximum Gasteiger partial charge on any atom is 0.350 e. The lowest BCUT2D eigenvalue weighted by molar-refractivity contribution is 0.0605. The van der Waals surface area contributed by atoms with Gasteiger partial charge in [0, 0.05) is 33.4 Å². The van der Waals surface area contributed by atoms with Gasteiger partial charge < -0.3 is 9.84 Å². The van der Waals surface area contributed by atoms with E-state index in [1.165, 1.54) is 41.1 Å². The number of thiazole rings is 3. The molecule has 6 aromatic carbocycles. The first-order valence-corrected chi connectivity index (χ1v) is 21.4. The number of ether oxygens (including phenoxy) is 1. The molecule has 1 amide bonds. The summed E-state index contributed by atoms with van der Waals surface area (Å²) < 4.78 is 4.88. The van der Waals surface area contributed by atoms with Crippen LogP contribution in [0, 0.1) is 0 Å². The van der Waals surface area contributed by atoms with Crippen LogP contribution in [-0.4, -0.2) is 50.2 Å². The zero-order valence-corrected chi connectivity index (χ0v) is 35.4. The minimum Gasteiger partial charge on any atom is -0.477 e. The molecule has 0 unspecified atom stereocenters. The number of benzene rings is 6. The molecule has 0 aliphatic carbocycles. The Kier molecular flexibility index (Phi) is 15.7. The van der Waals surface area contributed by atoms with Gasteiger partial charge in [0.05, 0.1) is 24.2 Å². The molecule has 10 nitrogen and oxygen atoms in total. The Bertz CT molecular complexity index is 2740. The summed E-state index contributed by atoms with van der Waals surface area (Å²) in [6, 6.07) is 57.6. The largest absolute Gasteiger partial charge is 0.477 e. The fraction of sp³-hybridized carbons (Fsp3) is 0.0400. The number of carbonyl (C=O) groups excluding carboxylic acids is 2. The van der Waals surface area contributed by atoms with E-state index in [1.807, 2.05) is 182 Å². The normalized spacial score (nSPS) is 10.2. The number of aromatic carboxylic acids is 1. The van der Waals surface area contributed by atoms with Gasteiger partial charge in [-0.3, -0.25) is 10.0 Å². The molecule has 0 saturated carbocycles. The molecule has 0 bridgehead atoms. The molecule has 3 heterocycles. The second-order valence-corrected chi connectivity index (χ2v) is 16.0. The number of rotatable bonds is 9. The van der Waals surface area contributed by atoms with Crippen molar-refractivity contribution in [1.29, 1.82) is 0 Å². The molecule has 314 valence electrons. The van der Waals surface area contributed by atoms with Crippen molar-refractivity contribution in [3.63, 3.8) is 0 Å². The second kappa shape index (κ2) is 21.9. The quantitative estimate of drug-likeness (QED) is 0.0730. The Balaban J connectivity index is 0.000000156. The summed E-state index contributed by atoms with van der Waals surface area (Å²) in [7, 11) is 1.39. The number of amides is 1. The highest BCUT2D eigenvalue weighted by Crippen LogP contribution is 2.36. The van der Waals surface area contributed by atoms with E-state index in [4.69, 9.17) is 9.94 Å². The first-order valence-electron chi connectivity index (χ1n) is 19.0. The second-order valence-electron chi connectivity index (χ2n) is 13.0. The van der Waals surface area contributed by atoms with Gasteiger partial charge in [0.1, 0.15) is 29.7 Å². The van der Waals surface area contributed by atoms with Gasteiger partial charge >= 0.3 is 11.9 Å². The maximum absolute atomic E-state index is 12.0. The van der Waals surface area contributed by atoms with Gasteiger partial charge in [0.15, 0.2) is 0 Å². The lowest BCUT2D eigenvalue weighted by Gasteiger charge is -2.00. The van der Waals surface area contributed by atoms with Crippen LogP contribution >= 0.6 is 34.0 Å². The predicted octanol–water partition coefficient (Wildman–Crippen LogP) is 12.7. The Labute approximate surface area is 376 Å². The highest BCUT2D eigenvalue weighted by atomic mass is 32.1. The van der Waals surface area contributed by atoms with Crippen molar-refractivity contribution >= 4 is 51.9 Å². The minimum atomic E-state index is -0.941. The van der Waals surface area contributed by atoms with Crippen molar-refractivity contribution in [3.05, 3.63) is 197 Å². The number of hydrogen-bond acceptors (Lipinski definition) is 11. The molecule has 0 saturated heterocycles. The smallest absolute Gasteiger partial charge is 0.350 e. The van der Waals surface area contributed by atoms with Gasteiger partial charge in [0.25, 0.3) is 5.91 Å². The summed E-state index contributed by atoms with van der Waals surface area (Å²) in [5, 5.41) is 20.6. The minimum absolute atomic E-state index is 0. The number of nitrogens with one attached hydrogen (secondary N) is 1. The standard InChI is InChI=1S/C17H13NO2S.C16H12N2O2S.C16H11NO2S.CH4/c1-20-17(19)15-14(12-8-4-2-5-9-12)18-16(21-15)13-10-6-3-7-11-13;19-15(18-20)14-13(11-7-3-1-4-8-11)17-16(21-14)12-9-5-2-6-10-12;18-16(19)14-13(11-7-3-1-4-8-11)17-15(20-14)12-9-5-2-6-10-12;/h2-11H,1H3;1-10,20H,(H,18,19);1-10H,(H,18,19);1H4. The average Bonchev–Trinajstić information content (AvgIpc) is 4.12. The van der Waals surface area contributed by atoms with Gasteiger partial charge in [-0.1, -0.05) is 189 Å². The summed E-state index contributed by atoms with van der Waals surface area (Å²) in [4.78, 5) is 50.2. The van der Waals surface area contributed by atoms with Gasteiger partial charge in [-0.15, -0.1) is 34.0 Å². The molecule has 0 atom stereocenters. The Morgan fingerprint density at radius 3 is 1.02 bits per heavy atom. The Morgan fingerprint density at radius 2 is 0.714 bits per heavy atom. The van der Waals surface area contributed by atoms with Crippen molar-refractivity contribution in [2.75, 3.05) is 7.11 Å². The zero-order chi connectivity index (χ0) is 43.3. The first-order chi connectivity index (χ1) is 30.3. The number of carboxylic acid groups (broad SMARTS) is 1. The molecule has 3 N–H and O–H groups in total. The molecule has 9 rings (SSSR count). The summed E-state index contributed by atoms with van der Waals surface area (Å²) >= 11 is 3.82. The lowest BCUT2D eigenvalue weighted by atomic mass is 10.1. The number of carbonyl (C=O) groups is 3. The molecule has 0 radical (unpaired) electrons. The number of esters is 1. The number of methoxy groups -OCH3 is 1. The summed E-state index contributed by atoms with van der Waals surface area (Å²) in [5.74, 6) is -1.84. The molecular weight excluding hydrogens is 849 g/mol. The molecule has 0 spiro atoms. The predicted molar refractivity (Wildman–Crippen MR) is 253 cm³/mol. The SMILES string of the molecule is C.COC(=O)c1sc(-c2ccccc2)nc1-c1ccccc1.O=C(NO)c1sc(-c2ccccc2)nc1-c1ccccc1.O=C(O)c1sc(-c2ccccc2)nc1-c1ccccc1. The van der Waals surface area contributed by atoms with Crippen LogP contribution in [0.2, 0.25) is 0 Å². The van der Waals surface area contributed by atoms with E-state index >= 15 is 0 Å². The topological polar surface area (TPSA) is 152 Å². The van der Waals surface area contributed by atoms with E-state index in [1.54, 1.807) is 5.48 Å². The van der Waals surface area contributed by atoms with Gasteiger partial charge in [-0.25, -0.2) is 30.0 Å². The number of hydrogen-bond donors (Lipinski definition) is 3. The number of aromatic nitrogens is 3. The fourth-order valence-corrected chi connectivity index (χ4v) is 8.95. The van der Waals surface area contributed by atoms with Gasteiger partial charge in [0.2, 0.25) is 0 Å². The van der Waals surface area contributed by atoms with Crippen LogP contribution in [0.15, 0.2) is 182 Å². The number of carboxylic acids is 1. The first kappa shape index (κ1) is 45.1. The average molecular weight is 889 g/mol. The molecule has 0 aliphatic heterocycles. The van der Waals surface area contributed by atoms with E-state index in [0.29, 0.717) is 26.8 Å². The van der Waals surface area contributed by atoms with Crippen LogP contribution in [0.4, 0.5) is 0 Å². The Morgan fingerprint density at radius 1 is 0.444 bits per heavy atom. The van der Waals surface area contributed by atoms with Crippen molar-refractivity contribution in [2.24, 2.45) is 0 Å². The third kappa shape index (κ3) is 11.1. The molecule has 13 heteroatoms. The van der Waals surface area contributed by atoms with E-state index < -0.39 is 11.9 Å². The number of nitrogens with zero attached hydrogens (tertiary/aromatic N) is 3. The monoisotopic (exact) mass is 888 g/mol. The van der Waals surface area contributed by atoms with Crippen molar-refractivity contribution < 1.29 is 29.4 Å². The van der Waals surface area contributed by atoms with Crippen LogP contribution < -0.4 is 5.48 Å². The van der Waals surface area contributed by atoms with Crippen molar-refractivity contribution in [3.8, 4) is 65.5 Å². The molecule has 0 fully saturated rings. The molecule has 9 aromatic rings. The molecular formula is C50H40N4O6S3. The summed E-state index contributed by atoms with van der Waals surface area (Å²) in [6.45, 7) is 0. The van der Waals surface area contributed by atoms with Gasteiger partial charge in [-0.05, 0) is 0 Å². The highest BCUT2D eigenvalue weighted by Gasteiger charge is 2.22. The van der Waals surface area contributed by atoms with Crippen LogP contribution in [0.25, 0.3) is 65.5 Å². The zero-order valence-electron chi connectivity index (χ0n) is 32.9. The Hall–Kier alpha value is -7.42. The van der Waals surface area contributed by atoms with E-state index in [9.17, 15) is 19.5 Å². The highest BCUT2D eigenvalue weighted by molar-refractivity contribution is 7.18. The van der Waals surface area contributed by atoms with Crippen LogP contribution in [0.1, 0.15) is 36.4 Å². The van der Waals surface area contributed by atoms with Crippen LogP contribution in [-0.2, 0) is 4.74 Å². The third-order valence-corrected chi connectivity index (χ3v) is 12.2. The summed E-state index contributed by atoms with van der Waals surface area (Å²) in [5.41, 5.74) is 8.91. The van der Waals surface area contributed by atoms with Crippen molar-refractivity contribution in [1.82, 2.24) is 20.4 Å². The lowest BCUT2D eigenvalue weighted by Crippen LogP contribution is -2.18. The molecule has 63 heavy (non-hydrogen) atoms. The van der Waals surface area contributed by atoms with E-state index in [0.717, 1.165) is 48.4 Å². The van der Waals surface area contributed by atoms with Crippen LogP contribution in [0.5, 0.6) is 0 Å². The van der Waals surface area contributed by atoms with Crippen LogP contribution in [0.3, 0.4) is 0 Å². The molecule has 0 aliphatic rings. The van der Waals surface area contributed by atoms with E-state index in [-0.39, 0.29) is 18.3 Å². The number of hydroxylamine groups is 1. The van der Waals surface area contributed by atoms with E-state index in [2.05, 4.69) is 15.0 Å². The van der Waals surface area contributed by atoms with Gasteiger partial charge in [-0.2, -0.15) is 0 Å². The fourth-order valence-electron chi connectivity index (χ4n) is 6.03. The third-order valence-electron chi connectivity index (χ3n) is 8.96.